The Kier molecular flexibility index (Phi) is 5.46. The molecule has 0 aliphatic heterocycles. The number of nitrogens with one attached hydrogen (secondary N) is 2. The Morgan fingerprint density at radius 3 is 2.62 bits per heavy atom. The zero-order chi connectivity index (χ0) is 15.5. The Labute approximate surface area is 127 Å². The lowest BCUT2D eigenvalue weighted by atomic mass is 10.2. The summed E-state index contributed by atoms with van der Waals surface area (Å²) in [6, 6.07) is 3.20. The van der Waals surface area contributed by atoms with Gasteiger partial charge in [-0.1, -0.05) is 26.7 Å². The molecule has 2 N–H and O–H groups in total. The molecule has 1 aliphatic rings. The summed E-state index contributed by atoms with van der Waals surface area (Å²) in [4.78, 5) is 0. The van der Waals surface area contributed by atoms with Crippen LogP contribution >= 0.6 is 0 Å². The third kappa shape index (κ3) is 5.45. The largest absolute Gasteiger partial charge is 0.447 e. The van der Waals surface area contributed by atoms with Gasteiger partial charge in [-0.25, -0.2) is 13.1 Å². The molecule has 2 rings (SSSR count). The third-order valence-electron chi connectivity index (χ3n) is 3.49. The maximum atomic E-state index is 12.2. The number of hydrogen-bond acceptors (Lipinski definition) is 4. The quantitative estimate of drug-likeness (QED) is 0.734. The van der Waals surface area contributed by atoms with Crippen LogP contribution in [-0.2, 0) is 16.6 Å². The van der Waals surface area contributed by atoms with E-state index in [1.54, 1.807) is 6.07 Å². The summed E-state index contributed by atoms with van der Waals surface area (Å²) >= 11 is 0. The van der Waals surface area contributed by atoms with Crippen molar-refractivity contribution in [1.82, 2.24) is 10.0 Å². The molecule has 0 spiro atoms. The van der Waals surface area contributed by atoms with Crippen molar-refractivity contribution in [2.45, 2.75) is 57.7 Å². The Morgan fingerprint density at radius 1 is 1.29 bits per heavy atom. The van der Waals surface area contributed by atoms with Crippen molar-refractivity contribution < 1.29 is 12.8 Å². The van der Waals surface area contributed by atoms with E-state index in [0.29, 0.717) is 24.1 Å². The topological polar surface area (TPSA) is 71.3 Å². The van der Waals surface area contributed by atoms with Crippen LogP contribution in [0.2, 0.25) is 0 Å². The van der Waals surface area contributed by atoms with Crippen molar-refractivity contribution in [3.63, 3.8) is 0 Å². The van der Waals surface area contributed by atoms with Gasteiger partial charge in [0, 0.05) is 6.04 Å². The molecule has 0 aromatic carbocycles. The fourth-order valence-electron chi connectivity index (χ4n) is 2.31. The Hall–Kier alpha value is -0.850. The van der Waals surface area contributed by atoms with Gasteiger partial charge < -0.3 is 9.73 Å². The summed E-state index contributed by atoms with van der Waals surface area (Å²) in [5, 5.41) is 3.24. The van der Waals surface area contributed by atoms with Crippen molar-refractivity contribution in [3.05, 3.63) is 17.9 Å². The molecule has 1 unspecified atom stereocenters. The molecular weight excluding hydrogens is 288 g/mol. The maximum Gasteiger partial charge on any atom is 0.274 e. The first-order valence-corrected chi connectivity index (χ1v) is 9.17. The molecule has 1 heterocycles. The van der Waals surface area contributed by atoms with Gasteiger partial charge in [0.25, 0.3) is 10.0 Å². The van der Waals surface area contributed by atoms with Gasteiger partial charge in [-0.2, -0.15) is 0 Å². The minimum Gasteiger partial charge on any atom is -0.447 e. The van der Waals surface area contributed by atoms with Crippen LogP contribution in [0.4, 0.5) is 0 Å². The number of furan rings is 1. The second-order valence-corrected chi connectivity index (χ2v) is 8.09. The van der Waals surface area contributed by atoms with Gasteiger partial charge in [-0.3, -0.25) is 0 Å². The Bertz CT molecular complexity index is 547. The molecular formula is C15H26N2O3S. The van der Waals surface area contributed by atoms with Crippen LogP contribution in [-0.4, -0.2) is 21.0 Å². The van der Waals surface area contributed by atoms with E-state index < -0.39 is 10.0 Å². The van der Waals surface area contributed by atoms with Gasteiger partial charge in [-0.15, -0.1) is 0 Å². The summed E-state index contributed by atoms with van der Waals surface area (Å²) in [7, 11) is -3.54. The van der Waals surface area contributed by atoms with Crippen molar-refractivity contribution in [2.24, 2.45) is 11.8 Å². The van der Waals surface area contributed by atoms with Crippen LogP contribution in [0.5, 0.6) is 0 Å². The first-order valence-electron chi connectivity index (χ1n) is 7.68. The van der Waals surface area contributed by atoms with Crippen molar-refractivity contribution in [1.29, 1.82) is 0 Å². The molecule has 0 saturated heterocycles. The summed E-state index contributed by atoms with van der Waals surface area (Å²) < 4.78 is 32.6. The zero-order valence-electron chi connectivity index (χ0n) is 13.1. The molecule has 1 saturated carbocycles. The number of rotatable bonds is 9. The first-order chi connectivity index (χ1) is 9.87. The highest BCUT2D eigenvalue weighted by Crippen LogP contribution is 2.33. The molecule has 1 aromatic rings. The minimum absolute atomic E-state index is 0.00601. The molecule has 1 atom stereocenters. The van der Waals surface area contributed by atoms with Gasteiger partial charge in [0.1, 0.15) is 5.76 Å². The van der Waals surface area contributed by atoms with E-state index in [2.05, 4.69) is 23.9 Å². The van der Waals surface area contributed by atoms with E-state index in [0.717, 1.165) is 13.0 Å². The fraction of sp³-hybridized carbons (Fsp3) is 0.733. The normalized spacial score (nSPS) is 17.3. The third-order valence-corrected chi connectivity index (χ3v) is 4.96. The predicted octanol–water partition coefficient (Wildman–Crippen LogP) is 2.49. The van der Waals surface area contributed by atoms with Gasteiger partial charge in [0.2, 0.25) is 5.09 Å². The molecule has 0 bridgehead atoms. The summed E-state index contributed by atoms with van der Waals surface area (Å²) in [6.07, 6.45) is 3.35. The smallest absolute Gasteiger partial charge is 0.274 e. The van der Waals surface area contributed by atoms with E-state index >= 15 is 0 Å². The molecule has 1 aromatic heterocycles. The molecule has 120 valence electrons. The monoisotopic (exact) mass is 314 g/mol. The summed E-state index contributed by atoms with van der Waals surface area (Å²) in [5.74, 6) is 1.88. The average Bonchev–Trinajstić information content (AvgIpc) is 3.03. The van der Waals surface area contributed by atoms with Gasteiger partial charge in [0.15, 0.2) is 0 Å². The van der Waals surface area contributed by atoms with E-state index in [4.69, 9.17) is 4.42 Å². The zero-order valence-corrected chi connectivity index (χ0v) is 13.9. The van der Waals surface area contributed by atoms with E-state index in [1.165, 1.54) is 18.9 Å². The highest BCUT2D eigenvalue weighted by Gasteiger charge is 2.27. The molecule has 5 nitrogen and oxygen atoms in total. The minimum atomic E-state index is -3.54. The van der Waals surface area contributed by atoms with Crippen LogP contribution < -0.4 is 10.0 Å². The molecule has 21 heavy (non-hydrogen) atoms. The molecule has 6 heteroatoms. The Balaban J connectivity index is 1.88. The lowest BCUT2D eigenvalue weighted by Crippen LogP contribution is -2.32. The maximum absolute atomic E-state index is 12.2. The second kappa shape index (κ2) is 6.94. The SMILES string of the molecule is CC(C)CNCc1ccc(S(=O)(=O)NC(C)CC2CC2)o1. The van der Waals surface area contributed by atoms with Gasteiger partial charge >= 0.3 is 0 Å². The van der Waals surface area contributed by atoms with Crippen molar-refractivity contribution in [2.75, 3.05) is 6.54 Å². The molecule has 1 aliphatic carbocycles. The fourth-order valence-corrected chi connectivity index (χ4v) is 3.51. The molecule has 0 amide bonds. The predicted molar refractivity (Wildman–Crippen MR) is 82.4 cm³/mol. The average molecular weight is 314 g/mol. The van der Waals surface area contributed by atoms with Gasteiger partial charge in [-0.05, 0) is 43.9 Å². The lowest BCUT2D eigenvalue weighted by molar-refractivity contribution is 0.392. The van der Waals surface area contributed by atoms with Crippen LogP contribution in [0.1, 0.15) is 45.8 Å². The highest BCUT2D eigenvalue weighted by molar-refractivity contribution is 7.89. The second-order valence-electron chi connectivity index (χ2n) is 6.45. The van der Waals surface area contributed by atoms with E-state index in [1.807, 2.05) is 6.92 Å². The van der Waals surface area contributed by atoms with Crippen molar-refractivity contribution in [3.8, 4) is 0 Å². The summed E-state index contributed by atoms with van der Waals surface area (Å²) in [5.41, 5.74) is 0. The van der Waals surface area contributed by atoms with Crippen molar-refractivity contribution >= 4 is 10.0 Å². The number of hydrogen-bond donors (Lipinski definition) is 2. The summed E-state index contributed by atoms with van der Waals surface area (Å²) in [6.45, 7) is 7.57. The van der Waals surface area contributed by atoms with Crippen LogP contribution in [0.25, 0.3) is 0 Å². The first kappa shape index (κ1) is 16.5. The molecule has 0 radical (unpaired) electrons. The van der Waals surface area contributed by atoms with E-state index in [9.17, 15) is 8.42 Å². The Morgan fingerprint density at radius 2 is 2.00 bits per heavy atom. The van der Waals surface area contributed by atoms with Crippen LogP contribution in [0, 0.1) is 11.8 Å². The lowest BCUT2D eigenvalue weighted by Gasteiger charge is -2.12. The van der Waals surface area contributed by atoms with Crippen LogP contribution in [0.15, 0.2) is 21.6 Å². The van der Waals surface area contributed by atoms with Gasteiger partial charge in [0.05, 0.1) is 6.54 Å². The van der Waals surface area contributed by atoms with Crippen LogP contribution in [0.3, 0.4) is 0 Å². The number of sulfonamides is 1. The highest BCUT2D eigenvalue weighted by atomic mass is 32.2. The van der Waals surface area contributed by atoms with E-state index in [-0.39, 0.29) is 11.1 Å². The molecule has 1 fully saturated rings. The standard InChI is InChI=1S/C15H26N2O3S/c1-11(2)9-16-10-14-6-7-15(20-14)21(18,19)17-12(3)8-13-4-5-13/h6-7,11-13,16-17H,4-5,8-10H2,1-3H3.